The Morgan fingerprint density at radius 1 is 1.19 bits per heavy atom. The molecule has 4 rings (SSSR count). The molecule has 1 aliphatic rings. The Hall–Kier alpha value is -3.02. The van der Waals surface area contributed by atoms with E-state index in [2.05, 4.69) is 15.3 Å². The largest absolute Gasteiger partial charge is 0.349 e. The lowest BCUT2D eigenvalue weighted by Gasteiger charge is -2.07. The highest BCUT2D eigenvalue weighted by atomic mass is 16.2. The van der Waals surface area contributed by atoms with Crippen molar-refractivity contribution in [1.29, 1.82) is 0 Å². The maximum atomic E-state index is 12.5. The lowest BCUT2D eigenvalue weighted by Crippen LogP contribution is -2.27. The van der Waals surface area contributed by atoms with Crippen LogP contribution in [-0.2, 0) is 17.9 Å². The molecule has 0 spiro atoms. The van der Waals surface area contributed by atoms with E-state index in [1.807, 2.05) is 42.0 Å². The fourth-order valence-electron chi connectivity index (χ4n) is 3.05. The predicted molar refractivity (Wildman–Crippen MR) is 97.6 cm³/mol. The van der Waals surface area contributed by atoms with Gasteiger partial charge in [-0.2, -0.15) is 0 Å². The fraction of sp³-hybridized carbons (Fsp3) is 0.300. The molecule has 6 nitrogen and oxygen atoms in total. The van der Waals surface area contributed by atoms with E-state index in [1.54, 1.807) is 12.4 Å². The van der Waals surface area contributed by atoms with Crippen molar-refractivity contribution in [2.75, 3.05) is 0 Å². The van der Waals surface area contributed by atoms with Gasteiger partial charge in [-0.25, -0.2) is 0 Å². The van der Waals surface area contributed by atoms with Crippen LogP contribution < -0.4 is 5.32 Å². The molecule has 0 atom stereocenters. The molecule has 2 aromatic heterocycles. The molecule has 26 heavy (non-hydrogen) atoms. The molecule has 1 saturated carbocycles. The number of hydrogen-bond acceptors (Lipinski definition) is 4. The minimum atomic E-state index is -0.126. The number of hydrogen-bond donors (Lipinski definition) is 1. The SMILES string of the molecule is Cc1cnc(CNC(=O)Cn2cc(C(=O)C3CC3)c3ccccc32)cn1. The van der Waals surface area contributed by atoms with Crippen LogP contribution in [0.3, 0.4) is 0 Å². The predicted octanol–water partition coefficient (Wildman–Crippen LogP) is 2.65. The van der Waals surface area contributed by atoms with E-state index in [9.17, 15) is 9.59 Å². The number of para-hydroxylation sites is 1. The molecule has 3 aromatic rings. The first-order chi connectivity index (χ1) is 12.6. The summed E-state index contributed by atoms with van der Waals surface area (Å²) in [5.74, 6) is 0.219. The Bertz CT molecular complexity index is 971. The summed E-state index contributed by atoms with van der Waals surface area (Å²) in [6.45, 7) is 2.37. The van der Waals surface area contributed by atoms with Gasteiger partial charge < -0.3 is 9.88 Å². The third-order valence-corrected chi connectivity index (χ3v) is 4.62. The van der Waals surface area contributed by atoms with Crippen molar-refractivity contribution in [3.05, 3.63) is 59.8 Å². The summed E-state index contributed by atoms with van der Waals surface area (Å²) in [6.07, 6.45) is 7.09. The van der Waals surface area contributed by atoms with Crippen molar-refractivity contribution in [1.82, 2.24) is 19.9 Å². The first-order valence-electron chi connectivity index (χ1n) is 8.78. The van der Waals surface area contributed by atoms with Gasteiger partial charge in [-0.3, -0.25) is 19.6 Å². The van der Waals surface area contributed by atoms with Crippen LogP contribution in [0.2, 0.25) is 0 Å². The van der Waals surface area contributed by atoms with Gasteiger partial charge in [0.15, 0.2) is 5.78 Å². The summed E-state index contributed by atoms with van der Waals surface area (Å²) in [6, 6.07) is 7.73. The average molecular weight is 348 g/mol. The molecule has 1 amide bonds. The van der Waals surface area contributed by atoms with E-state index in [4.69, 9.17) is 0 Å². The maximum Gasteiger partial charge on any atom is 0.240 e. The molecule has 0 aliphatic heterocycles. The van der Waals surface area contributed by atoms with Gasteiger partial charge in [0.05, 0.1) is 24.1 Å². The highest BCUT2D eigenvalue weighted by molar-refractivity contribution is 6.10. The number of ketones is 1. The highest BCUT2D eigenvalue weighted by Gasteiger charge is 2.32. The van der Waals surface area contributed by atoms with Crippen molar-refractivity contribution >= 4 is 22.6 Å². The molecule has 0 unspecified atom stereocenters. The van der Waals surface area contributed by atoms with Gasteiger partial charge in [-0.15, -0.1) is 0 Å². The highest BCUT2D eigenvalue weighted by Crippen LogP contribution is 2.35. The fourth-order valence-corrected chi connectivity index (χ4v) is 3.05. The molecular formula is C20H20N4O2. The van der Waals surface area contributed by atoms with Crippen LogP contribution in [0.15, 0.2) is 42.9 Å². The van der Waals surface area contributed by atoms with Crippen LogP contribution >= 0.6 is 0 Å². The summed E-state index contributed by atoms with van der Waals surface area (Å²) in [4.78, 5) is 33.3. The van der Waals surface area contributed by atoms with E-state index < -0.39 is 0 Å². The zero-order chi connectivity index (χ0) is 18.1. The molecule has 1 aliphatic carbocycles. The number of benzene rings is 1. The number of aryl methyl sites for hydroxylation is 1. The summed E-state index contributed by atoms with van der Waals surface area (Å²) in [7, 11) is 0. The van der Waals surface area contributed by atoms with Gasteiger partial charge in [0, 0.05) is 34.8 Å². The van der Waals surface area contributed by atoms with Crippen molar-refractivity contribution in [2.45, 2.75) is 32.9 Å². The topological polar surface area (TPSA) is 76.9 Å². The second-order valence-corrected chi connectivity index (χ2v) is 6.75. The average Bonchev–Trinajstić information content (AvgIpc) is 3.44. The van der Waals surface area contributed by atoms with Gasteiger partial charge in [0.1, 0.15) is 6.54 Å². The number of aromatic nitrogens is 3. The third-order valence-electron chi connectivity index (χ3n) is 4.62. The van der Waals surface area contributed by atoms with Crippen LogP contribution in [0.1, 0.15) is 34.6 Å². The number of amides is 1. The molecular weight excluding hydrogens is 328 g/mol. The van der Waals surface area contributed by atoms with Gasteiger partial charge in [-0.05, 0) is 25.8 Å². The molecule has 0 saturated heterocycles. The number of carbonyl (C=O) groups is 2. The minimum Gasteiger partial charge on any atom is -0.349 e. The van der Waals surface area contributed by atoms with E-state index in [-0.39, 0.29) is 24.2 Å². The lowest BCUT2D eigenvalue weighted by molar-refractivity contribution is -0.121. The first-order valence-corrected chi connectivity index (χ1v) is 8.78. The molecule has 0 radical (unpaired) electrons. The Balaban J connectivity index is 1.50. The van der Waals surface area contributed by atoms with E-state index in [1.165, 1.54) is 0 Å². The number of rotatable bonds is 6. The van der Waals surface area contributed by atoms with Crippen molar-refractivity contribution in [3.8, 4) is 0 Å². The van der Waals surface area contributed by atoms with Crippen LogP contribution in [0.5, 0.6) is 0 Å². The number of nitrogens with one attached hydrogen (secondary N) is 1. The monoisotopic (exact) mass is 348 g/mol. The molecule has 0 bridgehead atoms. The number of Topliss-reactive ketones (excluding diaryl/α,β-unsaturated/α-hetero) is 1. The lowest BCUT2D eigenvalue weighted by atomic mass is 10.1. The summed E-state index contributed by atoms with van der Waals surface area (Å²) >= 11 is 0. The second kappa shape index (κ2) is 6.71. The third kappa shape index (κ3) is 3.35. The number of carbonyl (C=O) groups excluding carboxylic acids is 2. The van der Waals surface area contributed by atoms with Gasteiger partial charge in [0.25, 0.3) is 0 Å². The molecule has 1 fully saturated rings. The minimum absolute atomic E-state index is 0.126. The van der Waals surface area contributed by atoms with Crippen LogP contribution in [-0.4, -0.2) is 26.2 Å². The van der Waals surface area contributed by atoms with Crippen molar-refractivity contribution < 1.29 is 9.59 Å². The molecule has 132 valence electrons. The van der Waals surface area contributed by atoms with Gasteiger partial charge in [-0.1, -0.05) is 18.2 Å². The first kappa shape index (κ1) is 16.4. The normalized spacial score (nSPS) is 13.7. The molecule has 1 N–H and O–H groups in total. The van der Waals surface area contributed by atoms with E-state index in [0.717, 1.165) is 35.0 Å². The van der Waals surface area contributed by atoms with Gasteiger partial charge >= 0.3 is 0 Å². The Labute approximate surface area is 151 Å². The molecule has 1 aromatic carbocycles. The van der Waals surface area contributed by atoms with E-state index >= 15 is 0 Å². The molecule has 6 heteroatoms. The Morgan fingerprint density at radius 3 is 2.73 bits per heavy atom. The van der Waals surface area contributed by atoms with Crippen molar-refractivity contribution in [3.63, 3.8) is 0 Å². The number of nitrogens with zero attached hydrogens (tertiary/aromatic N) is 3. The summed E-state index contributed by atoms with van der Waals surface area (Å²) in [5, 5.41) is 3.78. The van der Waals surface area contributed by atoms with E-state index in [0.29, 0.717) is 12.2 Å². The Morgan fingerprint density at radius 2 is 2.00 bits per heavy atom. The summed E-state index contributed by atoms with van der Waals surface area (Å²) in [5.41, 5.74) is 3.18. The second-order valence-electron chi connectivity index (χ2n) is 6.75. The van der Waals surface area contributed by atoms with Crippen LogP contribution in [0, 0.1) is 12.8 Å². The van der Waals surface area contributed by atoms with Crippen LogP contribution in [0.25, 0.3) is 10.9 Å². The van der Waals surface area contributed by atoms with Crippen molar-refractivity contribution in [2.24, 2.45) is 5.92 Å². The zero-order valence-electron chi connectivity index (χ0n) is 14.6. The van der Waals surface area contributed by atoms with Gasteiger partial charge in [0.2, 0.25) is 5.91 Å². The molecule has 2 heterocycles. The Kier molecular flexibility index (Phi) is 4.24. The quantitative estimate of drug-likeness (QED) is 0.695. The van der Waals surface area contributed by atoms with Crippen LogP contribution in [0.4, 0.5) is 0 Å². The summed E-state index contributed by atoms with van der Waals surface area (Å²) < 4.78 is 1.85. The smallest absolute Gasteiger partial charge is 0.240 e. The number of fused-ring (bicyclic) bond motifs is 1. The standard InChI is InChI=1S/C20H20N4O2/c1-13-8-22-15(9-21-13)10-23-19(25)12-24-11-17(20(26)14-6-7-14)16-4-2-3-5-18(16)24/h2-5,8-9,11,14H,6-7,10,12H2,1H3,(H,23,25). The zero-order valence-corrected chi connectivity index (χ0v) is 14.6. The maximum absolute atomic E-state index is 12.5.